The van der Waals surface area contributed by atoms with Crippen molar-refractivity contribution in [2.24, 2.45) is 32.7 Å². The van der Waals surface area contributed by atoms with Gasteiger partial charge in [-0.15, -0.1) is 15.3 Å². The maximum absolute atomic E-state index is 15.5. The van der Waals surface area contributed by atoms with Gasteiger partial charge in [-0.3, -0.25) is 30.0 Å². The van der Waals surface area contributed by atoms with E-state index in [0.717, 1.165) is 53.0 Å². The lowest BCUT2D eigenvalue weighted by Crippen LogP contribution is -2.27. The summed E-state index contributed by atoms with van der Waals surface area (Å²) in [4.78, 5) is 88.7. The van der Waals surface area contributed by atoms with Gasteiger partial charge in [0, 0.05) is 121 Å². The zero-order valence-corrected chi connectivity index (χ0v) is 68.5. The molecule has 3 fully saturated rings. The lowest BCUT2D eigenvalue weighted by atomic mass is 9.97. The number of carbonyl (C=O) groups excluding carboxylic acids is 2. The molecular formula is C85H68Cl3F5N24O7. The SMILES string of the molecule is CC(C)(C)OC(=O)Nc1ccc(C2=NC(F)=C([C@@H]3[C@H]4C[C@H]4c4cc(-c5cc(Cl)ccc5-n5cnnn5)cc(=O)n43)C2)c(F)n1.CC(C)(C)OC(=O)Nc1ccc(C2=NC=C([C@@H]3[C@H]4C[C@H]4c4cc(-c5cc(Cl)ccc5-n5cnnn5)cc(=O)n43)C2)c(F)n1.Nc1ccc(C2=NC(F)=C([C@@H]3[C@H]4C[C@H]4c4cc(-c5cc(Cl)ccc5-n5cnnn5)cc(=O)n43)C2)c(F)n1. The number of benzene rings is 3. The minimum Gasteiger partial charge on any atom is -0.444 e. The Balaban J connectivity index is 0.000000122. The Bertz CT molecular complexity index is 6900. The zero-order chi connectivity index (χ0) is 86.4. The number of tetrazole rings is 3. The van der Waals surface area contributed by atoms with E-state index in [1.54, 1.807) is 118 Å². The average molecular weight is 1740 g/mol. The summed E-state index contributed by atoms with van der Waals surface area (Å²) in [6.45, 7) is 10.3. The number of aliphatic imine (C=N–C) groups is 3. The van der Waals surface area contributed by atoms with Crippen LogP contribution in [0.25, 0.3) is 50.4 Å². The van der Waals surface area contributed by atoms with E-state index >= 15 is 17.6 Å². The fraction of sp³-hybridized carbons (Fsp3) is 0.271. The number of carbonyl (C=O) groups is 2. The highest BCUT2D eigenvalue weighted by molar-refractivity contribution is 6.31. The Hall–Kier alpha value is -13.7. The summed E-state index contributed by atoms with van der Waals surface area (Å²) in [5, 5.41) is 40.6. The second kappa shape index (κ2) is 30.7. The number of nitrogen functional groups attached to an aromatic ring is 1. The monoisotopic (exact) mass is 1740 g/mol. The number of halogens is 8. The lowest BCUT2D eigenvalue weighted by Gasteiger charge is -2.20. The van der Waals surface area contributed by atoms with Crippen LogP contribution in [0.15, 0.2) is 211 Å². The van der Waals surface area contributed by atoms with Gasteiger partial charge < -0.3 is 28.9 Å². The highest BCUT2D eigenvalue weighted by Crippen LogP contribution is 2.65. The Labute approximate surface area is 713 Å². The molecule has 124 heavy (non-hydrogen) atoms. The molecule has 9 atom stereocenters. The van der Waals surface area contributed by atoms with Gasteiger partial charge in [0.05, 0.1) is 69.0 Å². The van der Waals surface area contributed by atoms with Gasteiger partial charge in [0.15, 0.2) is 0 Å². The van der Waals surface area contributed by atoms with Crippen molar-refractivity contribution in [3.63, 3.8) is 0 Å². The maximum atomic E-state index is 15.5. The number of pyridine rings is 6. The summed E-state index contributed by atoms with van der Waals surface area (Å²) in [6, 6.07) is 34.0. The number of nitrogens with one attached hydrogen (secondary N) is 2. The second-order valence-corrected chi connectivity index (χ2v) is 34.5. The second-order valence-electron chi connectivity index (χ2n) is 33.2. The van der Waals surface area contributed by atoms with E-state index in [2.05, 4.69) is 87.1 Å². The maximum Gasteiger partial charge on any atom is 0.413 e. The summed E-state index contributed by atoms with van der Waals surface area (Å²) in [6.07, 6.45) is 7.72. The van der Waals surface area contributed by atoms with Crippen LogP contribution in [0.2, 0.25) is 15.1 Å². The highest BCUT2D eigenvalue weighted by Gasteiger charge is 2.58. The van der Waals surface area contributed by atoms with Crippen LogP contribution in [0.3, 0.4) is 0 Å². The molecule has 6 aliphatic heterocycles. The molecule has 15 heterocycles. The number of hydrogen-bond acceptors (Lipinski definition) is 23. The summed E-state index contributed by atoms with van der Waals surface area (Å²) < 4.78 is 95.2. The first-order valence-corrected chi connectivity index (χ1v) is 40.4. The molecule has 9 aromatic heterocycles. The van der Waals surface area contributed by atoms with Crippen LogP contribution in [0.5, 0.6) is 0 Å². The number of fused-ring (bicyclic) bond motifs is 9. The van der Waals surface area contributed by atoms with E-state index in [0.29, 0.717) is 77.7 Å². The first-order chi connectivity index (χ1) is 59.4. The Morgan fingerprint density at radius 3 is 1.17 bits per heavy atom. The van der Waals surface area contributed by atoms with Crippen LogP contribution in [-0.4, -0.2) is 130 Å². The van der Waals surface area contributed by atoms with Crippen molar-refractivity contribution in [3.8, 4) is 50.4 Å². The van der Waals surface area contributed by atoms with Crippen LogP contribution in [0, 0.1) is 35.6 Å². The topological polar surface area (TPSA) is 375 Å². The lowest BCUT2D eigenvalue weighted by molar-refractivity contribution is 0.0623. The fourth-order valence-corrected chi connectivity index (χ4v) is 18.2. The molecule has 9 aliphatic rings. The number of amides is 2. The Kier molecular flexibility index (Phi) is 19.8. The van der Waals surface area contributed by atoms with Crippen LogP contribution in [0.4, 0.5) is 49.0 Å². The van der Waals surface area contributed by atoms with Gasteiger partial charge in [0.25, 0.3) is 16.7 Å². The molecule has 31 nitrogen and oxygen atoms in total. The number of rotatable bonds is 14. The van der Waals surface area contributed by atoms with Crippen LogP contribution < -0.4 is 33.0 Å². The highest BCUT2D eigenvalue weighted by atomic mass is 35.5. The van der Waals surface area contributed by atoms with Crippen molar-refractivity contribution in [1.29, 1.82) is 0 Å². The zero-order valence-electron chi connectivity index (χ0n) is 66.2. The third-order valence-corrected chi connectivity index (χ3v) is 23.6. The molecule has 21 rings (SSSR count). The van der Waals surface area contributed by atoms with Gasteiger partial charge in [0.1, 0.15) is 47.6 Å². The first-order valence-electron chi connectivity index (χ1n) is 39.2. The van der Waals surface area contributed by atoms with Crippen LogP contribution in [-0.2, 0) is 9.47 Å². The molecule has 0 unspecified atom stereocenters. The van der Waals surface area contributed by atoms with Gasteiger partial charge in [-0.1, -0.05) is 34.8 Å². The molecule has 626 valence electrons. The quantitative estimate of drug-likeness (QED) is 0.0517. The number of hydrogen-bond donors (Lipinski definition) is 3. The molecule has 12 aromatic rings. The van der Waals surface area contributed by atoms with Gasteiger partial charge in [-0.2, -0.15) is 36.0 Å². The molecule has 4 N–H and O–H groups in total. The minimum atomic E-state index is -0.913. The molecule has 3 aromatic carbocycles. The van der Waals surface area contributed by atoms with E-state index in [-0.39, 0.29) is 117 Å². The largest absolute Gasteiger partial charge is 0.444 e. The molecule has 0 spiro atoms. The van der Waals surface area contributed by atoms with Crippen molar-refractivity contribution < 1.29 is 41.0 Å². The fourth-order valence-electron chi connectivity index (χ4n) is 17.6. The first kappa shape index (κ1) is 80.0. The number of aromatic nitrogens is 18. The number of allylic oxidation sites excluding steroid dienone is 3. The third kappa shape index (κ3) is 15.2. The van der Waals surface area contributed by atoms with Gasteiger partial charge in [0.2, 0.25) is 29.7 Å². The van der Waals surface area contributed by atoms with Crippen LogP contribution >= 0.6 is 34.8 Å². The number of ether oxygens (including phenoxy) is 2. The Morgan fingerprint density at radius 1 is 0.444 bits per heavy atom. The van der Waals surface area contributed by atoms with Crippen molar-refractivity contribution in [3.05, 3.63) is 279 Å². The molecule has 0 bridgehead atoms. The molecule has 3 saturated carbocycles. The molecule has 0 saturated heterocycles. The van der Waals surface area contributed by atoms with E-state index in [9.17, 15) is 28.4 Å². The number of nitrogens with two attached hydrogens (primary N) is 1. The van der Waals surface area contributed by atoms with E-state index < -0.39 is 65.2 Å². The average Bonchev–Trinajstić information content (AvgIpc) is 1.55. The predicted octanol–water partition coefficient (Wildman–Crippen LogP) is 15.2. The van der Waals surface area contributed by atoms with Gasteiger partial charge in [-0.05, 0) is 241 Å². The predicted molar refractivity (Wildman–Crippen MR) is 446 cm³/mol. The molecular weight excluding hydrogens is 1670 g/mol. The normalized spacial score (nSPS) is 20.7. The molecule has 39 heteroatoms. The van der Waals surface area contributed by atoms with E-state index in [1.165, 1.54) is 75.5 Å². The van der Waals surface area contributed by atoms with E-state index in [4.69, 9.17) is 50.0 Å². The van der Waals surface area contributed by atoms with Crippen molar-refractivity contribution >= 4 is 81.6 Å². The van der Waals surface area contributed by atoms with E-state index in [1.807, 2.05) is 28.8 Å². The Morgan fingerprint density at radius 2 is 0.806 bits per heavy atom. The smallest absolute Gasteiger partial charge is 0.413 e. The summed E-state index contributed by atoms with van der Waals surface area (Å²) in [5.74, 6) is -3.05. The standard InChI is InChI=1S/C30H25ClF2N8O3.C30H26ClFN8O3.C25H17ClF2N8O/c1-30(2,3)44-29(43)37-24-7-5-16(27(32)36-24)21-12-20(28(33)35-21)26-19-11-18(19)23-8-14(9-25(42)41(23)26)17-10-15(31)4-6-22(17)40-13-34-38-39-40;1-30(2,3)43-29(42)36-25-7-5-18(28(32)35-25)22-8-16(13-33-22)27-21-12-20(21)24-9-15(10-26(41)40(24)27)19-11-17(31)4-6-23(19)39-14-34-37-38-39;26-12-1-3-19(35-10-30-33-34-35)14(7-12)11-5-20-15-8-16(15)23(36(20)22(37)6-11)17-9-18(31-25(17)28)13-2-4-21(29)32-24(13)27/h4-10,13,18-19,26H,11-12H2,1-3H3,(H,36,37,43);4-7,9-11,13-14,20-21,27H,8,12H2,1-3H3,(H,35,36,42);1-7,10,15-16,23H,8-9H2,(H2,29,32)/t18-,19+,26+;20-,21+,27-;15-,16+,23+/m111/s1. The number of anilines is 3. The van der Waals surface area contributed by atoms with Gasteiger partial charge >= 0.3 is 12.2 Å². The van der Waals surface area contributed by atoms with Crippen molar-refractivity contribution in [1.82, 2.24) is 89.3 Å². The number of nitrogens with zero attached hydrogens (tertiary/aromatic N) is 21. The summed E-state index contributed by atoms with van der Waals surface area (Å²) in [5.41, 5.74) is 15.1. The molecule has 2 amide bonds. The minimum absolute atomic E-state index is 0.00855. The summed E-state index contributed by atoms with van der Waals surface area (Å²) >= 11 is 18.9. The third-order valence-electron chi connectivity index (χ3n) is 22.9. The van der Waals surface area contributed by atoms with Crippen LogP contribution in [0.1, 0.15) is 150 Å². The molecule has 3 aliphatic carbocycles. The van der Waals surface area contributed by atoms with Gasteiger partial charge in [-0.25, -0.2) is 34.5 Å². The summed E-state index contributed by atoms with van der Waals surface area (Å²) in [7, 11) is 0. The van der Waals surface area contributed by atoms with Crippen molar-refractivity contribution in [2.45, 2.75) is 127 Å². The van der Waals surface area contributed by atoms with Crippen molar-refractivity contribution in [2.75, 3.05) is 16.4 Å². The molecule has 0 radical (unpaired) electrons.